The van der Waals surface area contributed by atoms with Crippen LogP contribution in [0.3, 0.4) is 0 Å². The molecule has 1 amide bonds. The number of hydrogen-bond acceptors (Lipinski definition) is 3. The van der Waals surface area contributed by atoms with Gasteiger partial charge in [0.1, 0.15) is 5.82 Å². The Morgan fingerprint density at radius 1 is 1.00 bits per heavy atom. The fourth-order valence-electron chi connectivity index (χ4n) is 4.11. The van der Waals surface area contributed by atoms with Gasteiger partial charge < -0.3 is 5.32 Å². The molecule has 2 fully saturated rings. The molecule has 1 aliphatic carbocycles. The molecule has 0 spiro atoms. The molecule has 1 heterocycles. The monoisotopic (exact) mass is 436 g/mol. The lowest BCUT2D eigenvalue weighted by Gasteiger charge is -2.36. The number of halogens is 4. The Balaban J connectivity index is 1.58. The van der Waals surface area contributed by atoms with E-state index in [2.05, 4.69) is 5.32 Å². The SMILES string of the molecule is O=C(NC1CCCCC1C(F)(F)F)C1CCN(S(=O)(=O)c2ccc(F)cc2)CC1. The van der Waals surface area contributed by atoms with Gasteiger partial charge in [-0.3, -0.25) is 4.79 Å². The van der Waals surface area contributed by atoms with Crippen LogP contribution >= 0.6 is 0 Å². The third-order valence-corrected chi connectivity index (χ3v) is 7.70. The number of sulfonamides is 1. The van der Waals surface area contributed by atoms with E-state index in [9.17, 15) is 30.8 Å². The first kappa shape index (κ1) is 22.0. The zero-order valence-electron chi connectivity index (χ0n) is 15.8. The summed E-state index contributed by atoms with van der Waals surface area (Å²) in [6, 6.07) is 3.58. The van der Waals surface area contributed by atoms with E-state index in [1.807, 2.05) is 0 Å². The molecule has 2 aliphatic rings. The van der Waals surface area contributed by atoms with Crippen LogP contribution in [-0.4, -0.2) is 43.9 Å². The van der Waals surface area contributed by atoms with Crippen LogP contribution in [0.4, 0.5) is 17.6 Å². The van der Waals surface area contributed by atoms with Crippen molar-refractivity contribution in [3.63, 3.8) is 0 Å². The first-order valence-electron chi connectivity index (χ1n) is 9.72. The average molecular weight is 436 g/mol. The highest BCUT2D eigenvalue weighted by Gasteiger charge is 2.46. The van der Waals surface area contributed by atoms with Gasteiger partial charge in [0.15, 0.2) is 0 Å². The minimum Gasteiger partial charge on any atom is -0.353 e. The van der Waals surface area contributed by atoms with Crippen LogP contribution in [0.2, 0.25) is 0 Å². The molecule has 29 heavy (non-hydrogen) atoms. The molecule has 0 aromatic heterocycles. The van der Waals surface area contributed by atoms with E-state index in [0.717, 1.165) is 12.1 Å². The number of alkyl halides is 3. The number of piperidine rings is 1. The second-order valence-electron chi connectivity index (χ2n) is 7.68. The van der Waals surface area contributed by atoms with Gasteiger partial charge in [-0.05, 0) is 49.9 Å². The second-order valence-corrected chi connectivity index (χ2v) is 9.62. The number of nitrogens with one attached hydrogen (secondary N) is 1. The van der Waals surface area contributed by atoms with Gasteiger partial charge in [0.05, 0.1) is 10.8 Å². The first-order chi connectivity index (χ1) is 13.6. The highest BCUT2D eigenvalue weighted by atomic mass is 32.2. The van der Waals surface area contributed by atoms with Gasteiger partial charge in [0.2, 0.25) is 15.9 Å². The number of rotatable bonds is 4. The smallest absolute Gasteiger partial charge is 0.353 e. The summed E-state index contributed by atoms with van der Waals surface area (Å²) in [5, 5.41) is 2.57. The summed E-state index contributed by atoms with van der Waals surface area (Å²) >= 11 is 0. The van der Waals surface area contributed by atoms with E-state index in [1.165, 1.54) is 16.4 Å². The molecule has 2 atom stereocenters. The van der Waals surface area contributed by atoms with Gasteiger partial charge in [-0.15, -0.1) is 0 Å². The summed E-state index contributed by atoms with van der Waals surface area (Å²) in [5.74, 6) is -3.03. The molecule has 1 aliphatic heterocycles. The van der Waals surface area contributed by atoms with Gasteiger partial charge in [0.25, 0.3) is 0 Å². The quantitative estimate of drug-likeness (QED) is 0.736. The lowest BCUT2D eigenvalue weighted by atomic mass is 9.83. The predicted octanol–water partition coefficient (Wildman–Crippen LogP) is 3.46. The Kier molecular flexibility index (Phi) is 6.52. The van der Waals surface area contributed by atoms with E-state index in [-0.39, 0.29) is 37.2 Å². The summed E-state index contributed by atoms with van der Waals surface area (Å²) in [5.41, 5.74) is 0. The van der Waals surface area contributed by atoms with Crippen molar-refractivity contribution in [2.24, 2.45) is 11.8 Å². The molecule has 1 N–H and O–H groups in total. The van der Waals surface area contributed by atoms with E-state index < -0.39 is 45.8 Å². The number of amides is 1. The third-order valence-electron chi connectivity index (χ3n) is 5.79. The topological polar surface area (TPSA) is 66.5 Å². The lowest BCUT2D eigenvalue weighted by Crippen LogP contribution is -2.51. The number of benzene rings is 1. The minimum absolute atomic E-state index is 0.0167. The Labute approximate surface area is 167 Å². The number of carbonyl (C=O) groups is 1. The molecule has 1 aromatic rings. The van der Waals surface area contributed by atoms with Crippen molar-refractivity contribution in [3.8, 4) is 0 Å². The van der Waals surface area contributed by atoms with Crippen LogP contribution in [0.5, 0.6) is 0 Å². The maximum Gasteiger partial charge on any atom is 0.393 e. The molecule has 0 bridgehead atoms. The maximum absolute atomic E-state index is 13.2. The average Bonchev–Trinajstić information content (AvgIpc) is 2.68. The van der Waals surface area contributed by atoms with Crippen molar-refractivity contribution >= 4 is 15.9 Å². The first-order valence-corrected chi connectivity index (χ1v) is 11.2. The van der Waals surface area contributed by atoms with Crippen molar-refractivity contribution in [2.45, 2.75) is 55.6 Å². The highest BCUT2D eigenvalue weighted by Crippen LogP contribution is 2.38. The Morgan fingerprint density at radius 2 is 1.59 bits per heavy atom. The van der Waals surface area contributed by atoms with Crippen LogP contribution in [0.1, 0.15) is 38.5 Å². The molecule has 162 valence electrons. The molecule has 5 nitrogen and oxygen atoms in total. The summed E-state index contributed by atoms with van der Waals surface area (Å²) in [6.45, 7) is 0.177. The van der Waals surface area contributed by atoms with Gasteiger partial charge in [0, 0.05) is 25.0 Å². The molecule has 1 aromatic carbocycles. The van der Waals surface area contributed by atoms with Crippen molar-refractivity contribution in [2.75, 3.05) is 13.1 Å². The van der Waals surface area contributed by atoms with Gasteiger partial charge in [-0.1, -0.05) is 12.8 Å². The van der Waals surface area contributed by atoms with Crippen molar-refractivity contribution in [1.29, 1.82) is 0 Å². The third kappa shape index (κ3) is 5.09. The van der Waals surface area contributed by atoms with E-state index >= 15 is 0 Å². The van der Waals surface area contributed by atoms with E-state index in [0.29, 0.717) is 19.3 Å². The maximum atomic E-state index is 13.2. The fourth-order valence-corrected chi connectivity index (χ4v) is 5.58. The van der Waals surface area contributed by atoms with Crippen molar-refractivity contribution in [1.82, 2.24) is 9.62 Å². The molecule has 1 saturated carbocycles. The van der Waals surface area contributed by atoms with E-state index in [4.69, 9.17) is 0 Å². The van der Waals surface area contributed by atoms with Gasteiger partial charge in [-0.2, -0.15) is 17.5 Å². The minimum atomic E-state index is -4.34. The standard InChI is InChI=1S/C19H24F4N2O3S/c20-14-5-7-15(8-6-14)29(27,28)25-11-9-13(10-12-25)18(26)24-17-4-2-1-3-16(17)19(21,22)23/h5-8,13,16-17H,1-4,9-12H2,(H,24,26). The number of hydrogen-bond donors (Lipinski definition) is 1. The van der Waals surface area contributed by atoms with Crippen LogP contribution in [-0.2, 0) is 14.8 Å². The molecule has 2 unspecified atom stereocenters. The van der Waals surface area contributed by atoms with Gasteiger partial charge >= 0.3 is 6.18 Å². The Hall–Kier alpha value is -1.68. The number of nitrogens with zero attached hydrogens (tertiary/aromatic N) is 1. The predicted molar refractivity (Wildman–Crippen MR) is 97.8 cm³/mol. The summed E-state index contributed by atoms with van der Waals surface area (Å²) < 4.78 is 79.1. The summed E-state index contributed by atoms with van der Waals surface area (Å²) in [6.07, 6.45) is -2.42. The van der Waals surface area contributed by atoms with Crippen LogP contribution in [0, 0.1) is 17.7 Å². The largest absolute Gasteiger partial charge is 0.393 e. The zero-order chi connectivity index (χ0) is 21.2. The summed E-state index contributed by atoms with van der Waals surface area (Å²) in [4.78, 5) is 12.5. The molecule has 3 rings (SSSR count). The molecule has 0 radical (unpaired) electrons. The van der Waals surface area contributed by atoms with Crippen LogP contribution < -0.4 is 5.32 Å². The zero-order valence-corrected chi connectivity index (χ0v) is 16.6. The molecule has 10 heteroatoms. The van der Waals surface area contributed by atoms with Crippen molar-refractivity contribution < 1.29 is 30.8 Å². The molecular formula is C19H24F4N2O3S. The van der Waals surface area contributed by atoms with E-state index in [1.54, 1.807) is 0 Å². The highest BCUT2D eigenvalue weighted by molar-refractivity contribution is 7.89. The molecule has 1 saturated heterocycles. The number of carbonyl (C=O) groups excluding carboxylic acids is 1. The molecular weight excluding hydrogens is 412 g/mol. The lowest BCUT2D eigenvalue weighted by molar-refractivity contribution is -0.189. The Morgan fingerprint density at radius 3 is 2.17 bits per heavy atom. The Bertz CT molecular complexity index is 819. The van der Waals surface area contributed by atoms with Gasteiger partial charge in [-0.25, -0.2) is 12.8 Å². The second kappa shape index (κ2) is 8.59. The summed E-state index contributed by atoms with van der Waals surface area (Å²) in [7, 11) is -3.80. The van der Waals surface area contributed by atoms with Crippen molar-refractivity contribution in [3.05, 3.63) is 30.1 Å². The van der Waals surface area contributed by atoms with Crippen LogP contribution in [0.25, 0.3) is 0 Å². The van der Waals surface area contributed by atoms with Crippen LogP contribution in [0.15, 0.2) is 29.2 Å². The normalized spacial score (nSPS) is 25.0. The fraction of sp³-hybridized carbons (Fsp3) is 0.632.